The van der Waals surface area contributed by atoms with Crippen LogP contribution in [0, 0.1) is 16.0 Å². The van der Waals surface area contributed by atoms with Crippen LogP contribution in [0.2, 0.25) is 5.02 Å². The van der Waals surface area contributed by atoms with E-state index in [1.165, 1.54) is 6.07 Å². The molecule has 1 rings (SSSR count). The first kappa shape index (κ1) is 14.7. The Morgan fingerprint density at radius 2 is 2.28 bits per heavy atom. The third kappa shape index (κ3) is 4.50. The van der Waals surface area contributed by atoms with Gasteiger partial charge < -0.3 is 10.4 Å². The second-order valence-electron chi connectivity index (χ2n) is 4.28. The second kappa shape index (κ2) is 7.18. The van der Waals surface area contributed by atoms with E-state index >= 15 is 0 Å². The van der Waals surface area contributed by atoms with Gasteiger partial charge in [-0.3, -0.25) is 10.1 Å². The molecule has 0 saturated heterocycles. The van der Waals surface area contributed by atoms with Crippen LogP contribution in [0.25, 0.3) is 0 Å². The van der Waals surface area contributed by atoms with E-state index in [2.05, 4.69) is 5.32 Å². The van der Waals surface area contributed by atoms with E-state index in [1.54, 1.807) is 12.1 Å². The van der Waals surface area contributed by atoms with E-state index in [-0.39, 0.29) is 18.2 Å². The van der Waals surface area contributed by atoms with Gasteiger partial charge in [0, 0.05) is 24.2 Å². The Labute approximate surface area is 111 Å². The van der Waals surface area contributed by atoms with Crippen molar-refractivity contribution < 1.29 is 10.0 Å². The highest BCUT2D eigenvalue weighted by Gasteiger charge is 2.13. The van der Waals surface area contributed by atoms with Crippen LogP contribution in [0.3, 0.4) is 0 Å². The van der Waals surface area contributed by atoms with Gasteiger partial charge in [-0.2, -0.15) is 0 Å². The number of rotatable bonds is 7. The highest BCUT2D eigenvalue weighted by Crippen LogP contribution is 2.27. The summed E-state index contributed by atoms with van der Waals surface area (Å²) in [6, 6.07) is 4.56. The fourth-order valence-corrected chi connectivity index (χ4v) is 1.74. The monoisotopic (exact) mass is 272 g/mol. The Morgan fingerprint density at radius 3 is 2.89 bits per heavy atom. The minimum absolute atomic E-state index is 0.0160. The molecule has 5 nitrogen and oxygen atoms in total. The molecule has 0 aliphatic carbocycles. The first-order valence-corrected chi connectivity index (χ1v) is 6.21. The van der Waals surface area contributed by atoms with Gasteiger partial charge in [0.05, 0.1) is 4.92 Å². The van der Waals surface area contributed by atoms with E-state index in [0.717, 1.165) is 12.8 Å². The maximum atomic E-state index is 10.8. The van der Waals surface area contributed by atoms with Crippen molar-refractivity contribution in [2.75, 3.05) is 18.5 Å². The summed E-state index contributed by atoms with van der Waals surface area (Å²) in [4.78, 5) is 10.4. The summed E-state index contributed by atoms with van der Waals surface area (Å²) < 4.78 is 0. The fourth-order valence-electron chi connectivity index (χ4n) is 1.57. The van der Waals surface area contributed by atoms with Crippen LogP contribution in [-0.2, 0) is 0 Å². The molecule has 1 aromatic carbocycles. The zero-order chi connectivity index (χ0) is 13.5. The van der Waals surface area contributed by atoms with Crippen molar-refractivity contribution in [2.24, 2.45) is 5.92 Å². The molecule has 0 fully saturated rings. The number of nitro benzene ring substituents is 1. The first-order valence-electron chi connectivity index (χ1n) is 5.83. The van der Waals surface area contributed by atoms with Crippen LogP contribution >= 0.6 is 11.6 Å². The van der Waals surface area contributed by atoms with Crippen LogP contribution in [0.4, 0.5) is 11.4 Å². The van der Waals surface area contributed by atoms with Gasteiger partial charge in [0.15, 0.2) is 0 Å². The first-order chi connectivity index (χ1) is 8.54. The molecule has 0 radical (unpaired) electrons. The molecule has 2 N–H and O–H groups in total. The van der Waals surface area contributed by atoms with E-state index in [0.29, 0.717) is 17.3 Å². The number of aliphatic hydroxyl groups is 1. The molecule has 0 aromatic heterocycles. The topological polar surface area (TPSA) is 75.4 Å². The number of hydrogen-bond acceptors (Lipinski definition) is 4. The zero-order valence-electron chi connectivity index (χ0n) is 10.2. The third-order valence-electron chi connectivity index (χ3n) is 2.66. The number of nitro groups is 1. The number of nitrogens with zero attached hydrogens (tertiary/aromatic N) is 1. The Bertz CT molecular complexity index is 412. The molecule has 0 saturated carbocycles. The van der Waals surface area contributed by atoms with Crippen LogP contribution in [0.5, 0.6) is 0 Å². The summed E-state index contributed by atoms with van der Waals surface area (Å²) in [5.74, 6) is 0.256. The molecular weight excluding hydrogens is 256 g/mol. The van der Waals surface area contributed by atoms with E-state index in [9.17, 15) is 10.1 Å². The number of anilines is 1. The Hall–Kier alpha value is -1.33. The van der Waals surface area contributed by atoms with Gasteiger partial charge in [0.2, 0.25) is 0 Å². The molecule has 0 aliphatic rings. The van der Waals surface area contributed by atoms with Gasteiger partial charge in [-0.25, -0.2) is 0 Å². The lowest BCUT2D eigenvalue weighted by molar-refractivity contribution is -0.383. The summed E-state index contributed by atoms with van der Waals surface area (Å²) in [6.45, 7) is 2.76. The molecule has 0 heterocycles. The van der Waals surface area contributed by atoms with Gasteiger partial charge in [0.1, 0.15) is 5.69 Å². The summed E-state index contributed by atoms with van der Waals surface area (Å²) in [6.07, 6.45) is 1.73. The number of halogens is 1. The Balaban J connectivity index is 2.54. The predicted octanol–water partition coefficient (Wildman–Crippen LogP) is 3.07. The van der Waals surface area contributed by atoms with Gasteiger partial charge >= 0.3 is 0 Å². The van der Waals surface area contributed by atoms with E-state index in [1.807, 2.05) is 6.92 Å². The van der Waals surface area contributed by atoms with E-state index < -0.39 is 4.92 Å². The van der Waals surface area contributed by atoms with Gasteiger partial charge in [-0.1, -0.05) is 18.5 Å². The minimum Gasteiger partial charge on any atom is -0.396 e. The molecular formula is C12H17ClN2O3. The smallest absolute Gasteiger partial charge is 0.293 e. The lowest BCUT2D eigenvalue weighted by Gasteiger charge is -2.09. The molecule has 18 heavy (non-hydrogen) atoms. The molecule has 100 valence electrons. The van der Waals surface area contributed by atoms with Crippen molar-refractivity contribution in [1.82, 2.24) is 0 Å². The van der Waals surface area contributed by atoms with Gasteiger partial charge in [0.25, 0.3) is 5.69 Å². The van der Waals surface area contributed by atoms with Gasteiger partial charge in [-0.15, -0.1) is 0 Å². The summed E-state index contributed by atoms with van der Waals surface area (Å²) in [5, 5.41) is 23.1. The summed E-state index contributed by atoms with van der Waals surface area (Å²) in [7, 11) is 0. The summed E-state index contributed by atoms with van der Waals surface area (Å²) >= 11 is 5.72. The molecule has 0 aliphatic heterocycles. The lowest BCUT2D eigenvalue weighted by atomic mass is 10.1. The number of benzene rings is 1. The Kier molecular flexibility index (Phi) is 5.88. The van der Waals surface area contributed by atoms with Crippen molar-refractivity contribution >= 4 is 23.0 Å². The number of hydrogen-bond donors (Lipinski definition) is 2. The quantitative estimate of drug-likeness (QED) is 0.454. The molecule has 6 heteroatoms. The standard InChI is InChI=1S/C12H17ClN2O3/c1-9(8-16)3-2-6-14-11-5-4-10(13)7-12(11)15(17)18/h4-5,7,9,14,16H,2-3,6,8H2,1H3. The van der Waals surface area contributed by atoms with Gasteiger partial charge in [-0.05, 0) is 30.9 Å². The zero-order valence-corrected chi connectivity index (χ0v) is 11.0. The average molecular weight is 273 g/mol. The molecule has 0 bridgehead atoms. The number of aliphatic hydroxyl groups excluding tert-OH is 1. The Morgan fingerprint density at radius 1 is 1.56 bits per heavy atom. The molecule has 1 unspecified atom stereocenters. The van der Waals surface area contributed by atoms with Crippen molar-refractivity contribution in [3.63, 3.8) is 0 Å². The van der Waals surface area contributed by atoms with Crippen LogP contribution < -0.4 is 5.32 Å². The number of nitrogens with one attached hydrogen (secondary N) is 1. The maximum absolute atomic E-state index is 10.8. The second-order valence-corrected chi connectivity index (χ2v) is 4.71. The third-order valence-corrected chi connectivity index (χ3v) is 2.89. The van der Waals surface area contributed by atoms with Crippen LogP contribution in [0.1, 0.15) is 19.8 Å². The molecule has 1 atom stereocenters. The van der Waals surface area contributed by atoms with E-state index in [4.69, 9.17) is 16.7 Å². The normalized spacial score (nSPS) is 12.2. The highest BCUT2D eigenvalue weighted by atomic mass is 35.5. The molecule has 0 spiro atoms. The minimum atomic E-state index is -0.454. The highest BCUT2D eigenvalue weighted by molar-refractivity contribution is 6.30. The van der Waals surface area contributed by atoms with Crippen LogP contribution in [0.15, 0.2) is 18.2 Å². The average Bonchev–Trinajstić information content (AvgIpc) is 2.35. The predicted molar refractivity (Wildman–Crippen MR) is 72.1 cm³/mol. The molecule has 0 amide bonds. The van der Waals surface area contributed by atoms with Crippen molar-refractivity contribution in [3.05, 3.63) is 33.3 Å². The van der Waals surface area contributed by atoms with Crippen molar-refractivity contribution in [1.29, 1.82) is 0 Å². The van der Waals surface area contributed by atoms with Crippen molar-refractivity contribution in [2.45, 2.75) is 19.8 Å². The SMILES string of the molecule is CC(CO)CCCNc1ccc(Cl)cc1[N+](=O)[O-]. The summed E-state index contributed by atoms with van der Waals surface area (Å²) in [5.41, 5.74) is 0.457. The maximum Gasteiger partial charge on any atom is 0.293 e. The lowest BCUT2D eigenvalue weighted by Crippen LogP contribution is -2.07. The largest absolute Gasteiger partial charge is 0.396 e. The van der Waals surface area contributed by atoms with Crippen molar-refractivity contribution in [3.8, 4) is 0 Å². The fraction of sp³-hybridized carbons (Fsp3) is 0.500. The molecule has 1 aromatic rings. The van der Waals surface area contributed by atoms with Crippen LogP contribution in [-0.4, -0.2) is 23.2 Å².